The molecule has 3 aromatic rings. The van der Waals surface area contributed by atoms with Gasteiger partial charge >= 0.3 is 6.18 Å². The molecule has 5 nitrogen and oxygen atoms in total. The second kappa shape index (κ2) is 8.31. The summed E-state index contributed by atoms with van der Waals surface area (Å²) in [6, 6.07) is 17.2. The number of nitrogens with zero attached hydrogens (tertiary/aromatic N) is 1. The Bertz CT molecular complexity index is 1260. The number of halogens is 3. The zero-order chi connectivity index (χ0) is 22.9. The number of nitrogens with one attached hydrogen (secondary N) is 1. The number of carbonyl (C=O) groups excluding carboxylic acids is 1. The monoisotopic (exact) mass is 460 g/mol. The molecule has 0 radical (unpaired) electrons. The molecule has 0 fully saturated rings. The van der Waals surface area contributed by atoms with Gasteiger partial charge in [-0.1, -0.05) is 30.3 Å². The molecule has 4 rings (SSSR count). The molecule has 0 aliphatic carbocycles. The number of anilines is 1. The molecule has 32 heavy (non-hydrogen) atoms. The summed E-state index contributed by atoms with van der Waals surface area (Å²) in [7, 11) is -4.13. The first-order chi connectivity index (χ1) is 15.1. The number of rotatable bonds is 4. The van der Waals surface area contributed by atoms with Crippen molar-refractivity contribution < 1.29 is 26.4 Å². The number of fused-ring (bicyclic) bond motifs is 1. The van der Waals surface area contributed by atoms with Crippen molar-refractivity contribution in [3.05, 3.63) is 95.1 Å². The second-order valence-electron chi connectivity index (χ2n) is 7.45. The molecule has 1 aliphatic heterocycles. The van der Waals surface area contributed by atoms with E-state index in [1.165, 1.54) is 35.9 Å². The lowest BCUT2D eigenvalue weighted by Gasteiger charge is -2.29. The maximum absolute atomic E-state index is 12.9. The number of sulfonamides is 1. The highest BCUT2D eigenvalue weighted by Gasteiger charge is 2.31. The summed E-state index contributed by atoms with van der Waals surface area (Å²) in [6.45, 7) is 1.04. The molecule has 1 N–H and O–H groups in total. The van der Waals surface area contributed by atoms with Crippen LogP contribution in [-0.4, -0.2) is 25.8 Å². The Morgan fingerprint density at radius 3 is 2.28 bits per heavy atom. The van der Waals surface area contributed by atoms with E-state index in [1.54, 1.807) is 4.90 Å². The van der Waals surface area contributed by atoms with Gasteiger partial charge in [-0.15, -0.1) is 0 Å². The van der Waals surface area contributed by atoms with Gasteiger partial charge < -0.3 is 4.90 Å². The molecular formula is C23H19F3N2O3S. The van der Waals surface area contributed by atoms with Gasteiger partial charge in [0.1, 0.15) is 0 Å². The fourth-order valence-corrected chi connectivity index (χ4v) is 4.65. The molecule has 0 atom stereocenters. The lowest BCUT2D eigenvalue weighted by atomic mass is 9.99. The molecule has 1 aliphatic rings. The Hall–Kier alpha value is -3.33. The zero-order valence-corrected chi connectivity index (χ0v) is 17.6. The van der Waals surface area contributed by atoms with Gasteiger partial charge in [-0.25, -0.2) is 8.42 Å². The largest absolute Gasteiger partial charge is 0.416 e. The molecule has 166 valence electrons. The van der Waals surface area contributed by atoms with E-state index in [-0.39, 0.29) is 16.5 Å². The van der Waals surface area contributed by atoms with Gasteiger partial charge in [-0.2, -0.15) is 13.2 Å². The number of alkyl halides is 3. The highest BCUT2D eigenvalue weighted by Crippen LogP contribution is 2.31. The average molecular weight is 460 g/mol. The first kappa shape index (κ1) is 21.9. The third-order valence-corrected chi connectivity index (χ3v) is 6.67. The standard InChI is InChI=1S/C23H19F3N2O3S/c24-23(25,26)19-6-3-7-20(14-19)27-32(30,31)21-10-8-17(9-11-21)22(29)28-13-12-16-4-1-2-5-18(16)15-28/h1-11,14,27H,12-13,15H2. The smallest absolute Gasteiger partial charge is 0.334 e. The maximum atomic E-state index is 12.9. The maximum Gasteiger partial charge on any atom is 0.416 e. The minimum Gasteiger partial charge on any atom is -0.334 e. The van der Waals surface area contributed by atoms with Crippen LogP contribution >= 0.6 is 0 Å². The molecule has 0 unspecified atom stereocenters. The van der Waals surface area contributed by atoms with Crippen LogP contribution in [0.4, 0.5) is 18.9 Å². The van der Waals surface area contributed by atoms with Crippen molar-refractivity contribution in [2.75, 3.05) is 11.3 Å². The molecule has 0 saturated heterocycles. The van der Waals surface area contributed by atoms with Crippen molar-refractivity contribution >= 4 is 21.6 Å². The quantitative estimate of drug-likeness (QED) is 0.614. The van der Waals surface area contributed by atoms with E-state index < -0.39 is 21.8 Å². The first-order valence-corrected chi connectivity index (χ1v) is 11.3. The molecule has 0 aromatic heterocycles. The number of hydrogen-bond acceptors (Lipinski definition) is 3. The predicted octanol–water partition coefficient (Wildman–Crippen LogP) is 4.70. The van der Waals surface area contributed by atoms with Crippen LogP contribution in [0.2, 0.25) is 0 Å². The number of hydrogen-bond donors (Lipinski definition) is 1. The molecule has 1 amide bonds. The fraction of sp³-hybridized carbons (Fsp3) is 0.174. The molecular weight excluding hydrogens is 441 g/mol. The molecule has 0 saturated carbocycles. The summed E-state index contributed by atoms with van der Waals surface area (Å²) in [6.07, 6.45) is -3.84. The minimum absolute atomic E-state index is 0.157. The Balaban J connectivity index is 1.49. The van der Waals surface area contributed by atoms with Gasteiger partial charge in [0, 0.05) is 24.3 Å². The first-order valence-electron chi connectivity index (χ1n) is 9.80. The summed E-state index contributed by atoms with van der Waals surface area (Å²) < 4.78 is 65.9. The van der Waals surface area contributed by atoms with Gasteiger partial charge in [-0.05, 0) is 60.0 Å². The van der Waals surface area contributed by atoms with Gasteiger partial charge in [0.2, 0.25) is 0 Å². The van der Waals surface area contributed by atoms with E-state index in [0.29, 0.717) is 18.7 Å². The Labute approximate surface area is 183 Å². The molecule has 3 aromatic carbocycles. The lowest BCUT2D eigenvalue weighted by molar-refractivity contribution is -0.137. The van der Waals surface area contributed by atoms with Crippen LogP contribution in [0.15, 0.2) is 77.7 Å². The summed E-state index contributed by atoms with van der Waals surface area (Å²) in [5, 5.41) is 0. The highest BCUT2D eigenvalue weighted by atomic mass is 32.2. The topological polar surface area (TPSA) is 66.5 Å². The second-order valence-corrected chi connectivity index (χ2v) is 9.14. The van der Waals surface area contributed by atoms with Crippen LogP contribution < -0.4 is 4.72 Å². The SMILES string of the molecule is O=C(c1ccc(S(=O)(=O)Nc2cccc(C(F)(F)F)c2)cc1)N1CCc2ccccc2C1. The van der Waals surface area contributed by atoms with Crippen LogP contribution in [-0.2, 0) is 29.2 Å². The van der Waals surface area contributed by atoms with E-state index in [4.69, 9.17) is 0 Å². The normalized spacial score (nSPS) is 14.0. The summed E-state index contributed by atoms with van der Waals surface area (Å²) in [4.78, 5) is 14.4. The van der Waals surface area contributed by atoms with E-state index in [9.17, 15) is 26.4 Å². The van der Waals surface area contributed by atoms with Gasteiger partial charge in [0.05, 0.1) is 10.5 Å². The van der Waals surface area contributed by atoms with Gasteiger partial charge in [0.15, 0.2) is 0 Å². The van der Waals surface area contributed by atoms with E-state index in [2.05, 4.69) is 4.72 Å². The summed E-state index contributed by atoms with van der Waals surface area (Å²) in [5.74, 6) is -0.214. The molecule has 0 bridgehead atoms. The molecule has 9 heteroatoms. The van der Waals surface area contributed by atoms with E-state index >= 15 is 0 Å². The zero-order valence-electron chi connectivity index (χ0n) is 16.8. The van der Waals surface area contributed by atoms with Crippen molar-refractivity contribution in [2.45, 2.75) is 24.0 Å². The van der Waals surface area contributed by atoms with Crippen LogP contribution in [0.25, 0.3) is 0 Å². The minimum atomic E-state index is -4.58. The number of carbonyl (C=O) groups is 1. The summed E-state index contributed by atoms with van der Waals surface area (Å²) >= 11 is 0. The van der Waals surface area contributed by atoms with Crippen LogP contribution in [0.1, 0.15) is 27.0 Å². The van der Waals surface area contributed by atoms with Crippen molar-refractivity contribution in [3.63, 3.8) is 0 Å². The number of benzene rings is 3. The predicted molar refractivity (Wildman–Crippen MR) is 114 cm³/mol. The average Bonchev–Trinajstić information content (AvgIpc) is 2.77. The van der Waals surface area contributed by atoms with Crippen LogP contribution in [0, 0.1) is 0 Å². The van der Waals surface area contributed by atoms with Crippen LogP contribution in [0.5, 0.6) is 0 Å². The Morgan fingerprint density at radius 1 is 0.906 bits per heavy atom. The number of amides is 1. The third-order valence-electron chi connectivity index (χ3n) is 5.27. The highest BCUT2D eigenvalue weighted by molar-refractivity contribution is 7.92. The Morgan fingerprint density at radius 2 is 1.59 bits per heavy atom. The Kier molecular flexibility index (Phi) is 5.68. The van der Waals surface area contributed by atoms with Crippen molar-refractivity contribution in [2.24, 2.45) is 0 Å². The van der Waals surface area contributed by atoms with Crippen molar-refractivity contribution in [1.82, 2.24) is 4.90 Å². The fourth-order valence-electron chi connectivity index (χ4n) is 3.60. The third kappa shape index (κ3) is 4.62. The molecule has 0 spiro atoms. The lowest BCUT2D eigenvalue weighted by Crippen LogP contribution is -2.35. The van der Waals surface area contributed by atoms with Gasteiger partial charge in [-0.3, -0.25) is 9.52 Å². The van der Waals surface area contributed by atoms with E-state index in [0.717, 1.165) is 30.2 Å². The summed E-state index contributed by atoms with van der Waals surface area (Å²) in [5.41, 5.74) is 1.46. The van der Waals surface area contributed by atoms with Gasteiger partial charge in [0.25, 0.3) is 15.9 Å². The molecule has 1 heterocycles. The van der Waals surface area contributed by atoms with Crippen LogP contribution in [0.3, 0.4) is 0 Å². The van der Waals surface area contributed by atoms with E-state index in [1.807, 2.05) is 24.3 Å². The van der Waals surface area contributed by atoms with Crippen molar-refractivity contribution in [3.8, 4) is 0 Å². The van der Waals surface area contributed by atoms with Crippen molar-refractivity contribution in [1.29, 1.82) is 0 Å².